The number of esters is 1. The van der Waals surface area contributed by atoms with Crippen LogP contribution in [0.25, 0.3) is 0 Å². The monoisotopic (exact) mass is 373 g/mol. The number of aromatic nitrogens is 1. The Bertz CT molecular complexity index is 807. The first-order chi connectivity index (χ1) is 11.3. The Morgan fingerprint density at radius 3 is 2.71 bits per heavy atom. The molecule has 0 radical (unpaired) electrons. The number of carbonyl (C=O) groups excluding carboxylic acids is 2. The zero-order valence-corrected chi connectivity index (χ0v) is 13.5. The minimum atomic E-state index is -1.23. The summed E-state index contributed by atoms with van der Waals surface area (Å²) in [4.78, 5) is 37.3. The predicted octanol–water partition coefficient (Wildman–Crippen LogP) is 3.07. The number of nitrogens with one attached hydrogen (secondary N) is 1. The maximum absolute atomic E-state index is 12.0. The fraction of sp³-hybridized carbons (Fsp3) is 0.154. The van der Waals surface area contributed by atoms with Gasteiger partial charge >= 0.3 is 11.9 Å². The summed E-state index contributed by atoms with van der Waals surface area (Å²) in [6.07, 6.45) is 0.0528. The fourth-order valence-corrected chi connectivity index (χ4v) is 1.96. The van der Waals surface area contributed by atoms with Crippen molar-refractivity contribution in [1.29, 1.82) is 0 Å². The standard InChI is InChI=1S/C13H9Cl2N3O6/c1-6(12(19)17-11-8(15)4-7(14)5-16-11)23-13(20)9-2-3-10(24-9)18(21)22/h2-6H,1H3,(H,16,17,19)/t6-/m0/s1. The second-order valence-corrected chi connectivity index (χ2v) is 5.26. The van der Waals surface area contributed by atoms with Crippen LogP contribution in [0.5, 0.6) is 0 Å². The molecule has 0 saturated carbocycles. The normalized spacial score (nSPS) is 11.6. The van der Waals surface area contributed by atoms with E-state index in [1.54, 1.807) is 0 Å². The quantitative estimate of drug-likeness (QED) is 0.484. The summed E-state index contributed by atoms with van der Waals surface area (Å²) in [5.41, 5.74) is 0. The Balaban J connectivity index is 2.00. The number of ether oxygens (including phenoxy) is 1. The van der Waals surface area contributed by atoms with Crippen molar-refractivity contribution in [2.45, 2.75) is 13.0 Å². The van der Waals surface area contributed by atoms with E-state index < -0.39 is 34.5 Å². The molecule has 2 aromatic rings. The van der Waals surface area contributed by atoms with E-state index in [0.29, 0.717) is 0 Å². The number of furan rings is 1. The van der Waals surface area contributed by atoms with E-state index >= 15 is 0 Å². The third-order valence-electron chi connectivity index (χ3n) is 2.68. The highest BCUT2D eigenvalue weighted by Crippen LogP contribution is 2.23. The molecule has 11 heteroatoms. The van der Waals surface area contributed by atoms with Gasteiger partial charge in [0.25, 0.3) is 5.91 Å². The first-order valence-electron chi connectivity index (χ1n) is 6.35. The molecule has 0 aromatic carbocycles. The summed E-state index contributed by atoms with van der Waals surface area (Å²) in [5.74, 6) is -2.70. The van der Waals surface area contributed by atoms with Gasteiger partial charge in [0, 0.05) is 6.20 Å². The van der Waals surface area contributed by atoms with Crippen LogP contribution in [0.1, 0.15) is 17.5 Å². The second-order valence-electron chi connectivity index (χ2n) is 4.42. The van der Waals surface area contributed by atoms with E-state index in [2.05, 4.69) is 14.7 Å². The lowest BCUT2D eigenvalue weighted by molar-refractivity contribution is -0.402. The molecule has 9 nitrogen and oxygen atoms in total. The molecule has 0 saturated heterocycles. The first kappa shape index (κ1) is 17.7. The summed E-state index contributed by atoms with van der Waals surface area (Å²) < 4.78 is 9.55. The first-order valence-corrected chi connectivity index (χ1v) is 7.10. The number of amides is 1. The number of anilines is 1. The predicted molar refractivity (Wildman–Crippen MR) is 83.1 cm³/mol. The molecule has 0 aliphatic heterocycles. The van der Waals surface area contributed by atoms with Gasteiger partial charge in [-0.2, -0.15) is 0 Å². The van der Waals surface area contributed by atoms with Crippen LogP contribution in [-0.4, -0.2) is 27.9 Å². The summed E-state index contributed by atoms with van der Waals surface area (Å²) in [5, 5.41) is 13.3. The van der Waals surface area contributed by atoms with E-state index in [1.807, 2.05) is 0 Å². The summed E-state index contributed by atoms with van der Waals surface area (Å²) in [6, 6.07) is 3.45. The van der Waals surface area contributed by atoms with E-state index in [4.69, 9.17) is 27.9 Å². The van der Waals surface area contributed by atoms with Gasteiger partial charge in [-0.25, -0.2) is 9.78 Å². The van der Waals surface area contributed by atoms with Gasteiger partial charge in [0.15, 0.2) is 11.9 Å². The lowest BCUT2D eigenvalue weighted by Crippen LogP contribution is -2.30. The molecule has 2 aromatic heterocycles. The molecule has 1 amide bonds. The second kappa shape index (κ2) is 7.28. The van der Waals surface area contributed by atoms with Gasteiger partial charge in [0.1, 0.15) is 4.92 Å². The number of nitro groups is 1. The molecular weight excluding hydrogens is 365 g/mol. The summed E-state index contributed by atoms with van der Waals surface area (Å²) in [7, 11) is 0. The maximum atomic E-state index is 12.0. The minimum absolute atomic E-state index is 0.0441. The van der Waals surface area contributed by atoms with Crippen molar-refractivity contribution in [2.24, 2.45) is 0 Å². The molecule has 2 heterocycles. The summed E-state index contributed by atoms with van der Waals surface area (Å²) in [6.45, 7) is 1.30. The molecule has 0 aliphatic rings. The number of carbonyl (C=O) groups is 2. The van der Waals surface area contributed by atoms with Gasteiger partial charge in [-0.1, -0.05) is 23.2 Å². The number of pyridine rings is 1. The van der Waals surface area contributed by atoms with E-state index in [9.17, 15) is 19.7 Å². The lowest BCUT2D eigenvalue weighted by Gasteiger charge is -2.12. The van der Waals surface area contributed by atoms with Gasteiger partial charge in [0.2, 0.25) is 5.76 Å². The SMILES string of the molecule is C[C@H](OC(=O)c1ccc([N+](=O)[O-])o1)C(=O)Nc1ncc(Cl)cc1Cl. The smallest absolute Gasteiger partial charge is 0.433 e. The fourth-order valence-electron chi connectivity index (χ4n) is 1.53. The highest BCUT2D eigenvalue weighted by atomic mass is 35.5. The van der Waals surface area contributed by atoms with Crippen molar-refractivity contribution in [3.8, 4) is 0 Å². The van der Waals surface area contributed by atoms with Crippen LogP contribution >= 0.6 is 23.2 Å². The minimum Gasteiger partial charge on any atom is -0.447 e. The highest BCUT2D eigenvalue weighted by molar-refractivity contribution is 6.36. The molecule has 0 aliphatic carbocycles. The molecule has 2 rings (SSSR count). The van der Waals surface area contributed by atoms with Gasteiger partial charge in [0.05, 0.1) is 16.1 Å². The molecule has 0 bridgehead atoms. The van der Waals surface area contributed by atoms with Gasteiger partial charge in [-0.15, -0.1) is 0 Å². The van der Waals surface area contributed by atoms with Crippen LogP contribution in [0, 0.1) is 10.1 Å². The molecule has 1 atom stereocenters. The number of rotatable bonds is 5. The molecule has 1 N–H and O–H groups in total. The number of halogens is 2. The Morgan fingerprint density at radius 1 is 1.42 bits per heavy atom. The van der Waals surface area contributed by atoms with Crippen LogP contribution in [0.4, 0.5) is 11.7 Å². The van der Waals surface area contributed by atoms with Gasteiger partial charge in [-0.05, 0) is 19.1 Å². The van der Waals surface area contributed by atoms with Crippen molar-refractivity contribution in [1.82, 2.24) is 4.98 Å². The van der Waals surface area contributed by atoms with Crippen molar-refractivity contribution in [3.63, 3.8) is 0 Å². The molecular formula is C13H9Cl2N3O6. The average Bonchev–Trinajstić information content (AvgIpc) is 3.00. The van der Waals surface area contributed by atoms with Gasteiger partial charge < -0.3 is 14.5 Å². The van der Waals surface area contributed by atoms with Crippen LogP contribution < -0.4 is 5.32 Å². The average molecular weight is 374 g/mol. The Morgan fingerprint density at radius 2 is 2.12 bits per heavy atom. The van der Waals surface area contributed by atoms with Crippen molar-refractivity contribution in [2.75, 3.05) is 5.32 Å². The zero-order chi connectivity index (χ0) is 17.9. The zero-order valence-electron chi connectivity index (χ0n) is 12.0. The Labute approximate surface area is 144 Å². The van der Waals surface area contributed by atoms with E-state index in [-0.39, 0.29) is 15.9 Å². The lowest BCUT2D eigenvalue weighted by atomic mass is 10.3. The number of hydrogen-bond acceptors (Lipinski definition) is 7. The Kier molecular flexibility index (Phi) is 5.37. The van der Waals surface area contributed by atoms with Crippen molar-refractivity contribution < 1.29 is 23.7 Å². The Hall–Kier alpha value is -2.65. The molecule has 24 heavy (non-hydrogen) atoms. The molecule has 0 unspecified atom stereocenters. The third-order valence-corrected chi connectivity index (χ3v) is 3.17. The highest BCUT2D eigenvalue weighted by Gasteiger charge is 2.24. The van der Waals surface area contributed by atoms with Crippen LogP contribution in [-0.2, 0) is 9.53 Å². The van der Waals surface area contributed by atoms with Crippen LogP contribution in [0.3, 0.4) is 0 Å². The topological polar surface area (TPSA) is 125 Å². The van der Waals surface area contributed by atoms with E-state index in [0.717, 1.165) is 12.1 Å². The molecule has 126 valence electrons. The third kappa shape index (κ3) is 4.21. The maximum Gasteiger partial charge on any atom is 0.433 e. The van der Waals surface area contributed by atoms with E-state index in [1.165, 1.54) is 19.2 Å². The number of nitrogens with zero attached hydrogens (tertiary/aromatic N) is 2. The van der Waals surface area contributed by atoms with Crippen molar-refractivity contribution in [3.05, 3.63) is 50.3 Å². The largest absolute Gasteiger partial charge is 0.447 e. The number of hydrogen-bond donors (Lipinski definition) is 1. The molecule has 0 fully saturated rings. The van der Waals surface area contributed by atoms with Crippen LogP contribution in [0.15, 0.2) is 28.8 Å². The van der Waals surface area contributed by atoms with Crippen LogP contribution in [0.2, 0.25) is 10.0 Å². The van der Waals surface area contributed by atoms with Gasteiger partial charge in [-0.3, -0.25) is 14.9 Å². The van der Waals surface area contributed by atoms with Crippen molar-refractivity contribution >= 4 is 46.8 Å². The summed E-state index contributed by atoms with van der Waals surface area (Å²) >= 11 is 11.6. The molecule has 0 spiro atoms.